The summed E-state index contributed by atoms with van der Waals surface area (Å²) >= 11 is 0. The fourth-order valence-electron chi connectivity index (χ4n) is 5.70. The molecule has 11 heteroatoms. The molecular weight excluding hydrogens is 566 g/mol. The molecule has 0 aromatic heterocycles. The van der Waals surface area contributed by atoms with Gasteiger partial charge in [-0.3, -0.25) is 4.79 Å². The highest BCUT2D eigenvalue weighted by Gasteiger charge is 2.44. The molecule has 3 amide bonds. The Morgan fingerprint density at radius 2 is 1.55 bits per heavy atom. The van der Waals surface area contributed by atoms with Crippen LogP contribution in [0, 0.1) is 11.3 Å². The summed E-state index contributed by atoms with van der Waals surface area (Å²) in [5, 5.41) is 20.2. The van der Waals surface area contributed by atoms with E-state index in [0.29, 0.717) is 19.4 Å². The van der Waals surface area contributed by atoms with Crippen LogP contribution in [0.3, 0.4) is 0 Å². The molecular formula is C33H45N3O8. The largest absolute Gasteiger partial charge is 0.453 e. The Morgan fingerprint density at radius 1 is 0.909 bits per heavy atom. The fourth-order valence-corrected chi connectivity index (χ4v) is 5.70. The summed E-state index contributed by atoms with van der Waals surface area (Å²) in [7, 11) is 1.24. The first-order valence-electron chi connectivity index (χ1n) is 15.1. The first-order chi connectivity index (χ1) is 21.0. The first-order valence-corrected chi connectivity index (χ1v) is 15.1. The molecule has 2 heterocycles. The number of amides is 3. The van der Waals surface area contributed by atoms with Crippen molar-refractivity contribution in [1.82, 2.24) is 16.0 Å². The van der Waals surface area contributed by atoms with Gasteiger partial charge in [0.25, 0.3) is 0 Å². The van der Waals surface area contributed by atoms with Crippen molar-refractivity contribution in [2.24, 2.45) is 11.3 Å². The van der Waals surface area contributed by atoms with E-state index in [0.717, 1.165) is 17.5 Å². The van der Waals surface area contributed by atoms with Crippen LogP contribution >= 0.6 is 0 Å². The Kier molecular flexibility index (Phi) is 11.6. The van der Waals surface area contributed by atoms with Gasteiger partial charge < -0.3 is 40.0 Å². The Hall–Kier alpha value is -3.67. The van der Waals surface area contributed by atoms with Gasteiger partial charge in [0, 0.05) is 6.04 Å². The highest BCUT2D eigenvalue weighted by molar-refractivity contribution is 5.86. The number of rotatable bonds is 12. The smallest absolute Gasteiger partial charge is 0.407 e. The monoisotopic (exact) mass is 611 g/mol. The second-order valence-electron chi connectivity index (χ2n) is 12.5. The summed E-state index contributed by atoms with van der Waals surface area (Å²) < 4.78 is 21.7. The van der Waals surface area contributed by atoms with Crippen molar-refractivity contribution in [3.8, 4) is 0 Å². The minimum Gasteiger partial charge on any atom is -0.453 e. The van der Waals surface area contributed by atoms with E-state index in [1.54, 1.807) is 0 Å². The predicted molar refractivity (Wildman–Crippen MR) is 163 cm³/mol. The van der Waals surface area contributed by atoms with Gasteiger partial charge in [-0.2, -0.15) is 0 Å². The zero-order chi connectivity index (χ0) is 31.7. The molecule has 2 aliphatic rings. The molecule has 4 rings (SSSR count). The number of nitrogens with one attached hydrogen (secondary N) is 3. The number of ether oxygens (including phenoxy) is 4. The molecule has 2 aromatic rings. The van der Waals surface area contributed by atoms with Gasteiger partial charge in [-0.05, 0) is 42.2 Å². The van der Waals surface area contributed by atoms with Crippen molar-refractivity contribution < 1.29 is 38.4 Å². The van der Waals surface area contributed by atoms with E-state index in [1.165, 1.54) is 7.11 Å². The van der Waals surface area contributed by atoms with Crippen molar-refractivity contribution in [2.75, 3.05) is 20.3 Å². The lowest BCUT2D eigenvalue weighted by molar-refractivity contribution is -0.127. The van der Waals surface area contributed by atoms with E-state index in [4.69, 9.17) is 18.9 Å². The molecule has 0 radical (unpaired) electrons. The molecule has 44 heavy (non-hydrogen) atoms. The number of carbonyl (C=O) groups excluding carboxylic acids is 3. The quantitative estimate of drug-likeness (QED) is 0.286. The molecule has 2 aliphatic heterocycles. The van der Waals surface area contributed by atoms with E-state index < -0.39 is 53.8 Å². The lowest BCUT2D eigenvalue weighted by Gasteiger charge is -2.33. The van der Waals surface area contributed by atoms with Crippen LogP contribution < -0.4 is 16.0 Å². The summed E-state index contributed by atoms with van der Waals surface area (Å²) in [4.78, 5) is 38.7. The maximum atomic E-state index is 13.6. The molecule has 11 nitrogen and oxygen atoms in total. The van der Waals surface area contributed by atoms with E-state index in [1.807, 2.05) is 81.4 Å². The maximum Gasteiger partial charge on any atom is 0.407 e. The lowest BCUT2D eigenvalue weighted by atomic mass is 9.85. The average molecular weight is 612 g/mol. The number of methoxy groups -OCH3 is 1. The van der Waals surface area contributed by atoms with Gasteiger partial charge in [0.1, 0.15) is 12.1 Å². The number of aliphatic hydroxyl groups excluding tert-OH is 1. The third-order valence-corrected chi connectivity index (χ3v) is 8.08. The van der Waals surface area contributed by atoms with E-state index >= 15 is 0 Å². The molecule has 0 saturated carbocycles. The van der Waals surface area contributed by atoms with Gasteiger partial charge in [-0.25, -0.2) is 9.59 Å². The molecule has 7 atom stereocenters. The van der Waals surface area contributed by atoms with Crippen molar-refractivity contribution >= 4 is 18.1 Å². The Balaban J connectivity index is 1.50. The van der Waals surface area contributed by atoms with Crippen LogP contribution in [0.2, 0.25) is 0 Å². The second-order valence-corrected chi connectivity index (χ2v) is 12.5. The Morgan fingerprint density at radius 3 is 2.16 bits per heavy atom. The van der Waals surface area contributed by atoms with E-state index in [9.17, 15) is 19.5 Å². The first kappa shape index (κ1) is 33.2. The van der Waals surface area contributed by atoms with Gasteiger partial charge in [-0.1, -0.05) is 81.4 Å². The zero-order valence-electron chi connectivity index (χ0n) is 25.9. The number of alkyl carbamates (subject to hydrolysis) is 2. The van der Waals surface area contributed by atoms with Crippen LogP contribution in [0.15, 0.2) is 60.7 Å². The lowest BCUT2D eigenvalue weighted by Crippen LogP contribution is -2.58. The molecule has 0 spiro atoms. The standard InChI is InChI=1S/C33H45N3O8/c1-33(2,3)28(36-31(39)41-4)29(38)35-25(18-22-13-9-6-10-14-22)26(37)19-23(17-21-11-7-5-8-12-21)34-32(40)44-27-20-43-30-24(27)15-16-42-30/h5-14,23-28,30,37H,15-20H2,1-4H3,(H,34,40)(H,35,38)(H,36,39)/t23-,24-,25-,26-,27-,28+,30+/m0/s1. The van der Waals surface area contributed by atoms with Gasteiger partial charge in [0.05, 0.1) is 38.4 Å². The third-order valence-electron chi connectivity index (χ3n) is 8.08. The SMILES string of the molecule is COC(=O)N[C@H](C(=O)N[C@@H](Cc1ccccc1)[C@@H](O)C[C@H](Cc1ccccc1)NC(=O)O[C@H]1CO[C@H]2OCC[C@H]21)C(C)(C)C. The van der Waals surface area contributed by atoms with Crippen LogP contribution in [0.1, 0.15) is 44.7 Å². The Labute approximate surface area is 259 Å². The van der Waals surface area contributed by atoms with Crippen LogP contribution in [-0.4, -0.2) is 80.1 Å². The topological polar surface area (TPSA) is 144 Å². The van der Waals surface area contributed by atoms with E-state index in [2.05, 4.69) is 16.0 Å². The summed E-state index contributed by atoms with van der Waals surface area (Å²) in [6, 6.07) is 17.0. The van der Waals surface area contributed by atoms with Crippen LogP contribution in [0.25, 0.3) is 0 Å². The fraction of sp³-hybridized carbons (Fsp3) is 0.545. The van der Waals surface area contributed by atoms with Crippen LogP contribution in [0.5, 0.6) is 0 Å². The number of aliphatic hydroxyl groups is 1. The number of hydrogen-bond donors (Lipinski definition) is 4. The summed E-state index contributed by atoms with van der Waals surface area (Å²) in [5.41, 5.74) is 1.23. The minimum atomic E-state index is -1.06. The molecule has 240 valence electrons. The number of benzene rings is 2. The number of carbonyl (C=O) groups is 3. The molecule has 0 unspecified atom stereocenters. The number of hydrogen-bond acceptors (Lipinski definition) is 8. The maximum absolute atomic E-state index is 13.6. The average Bonchev–Trinajstić information content (AvgIpc) is 3.61. The minimum absolute atomic E-state index is 0.00117. The van der Waals surface area contributed by atoms with Crippen LogP contribution in [0.4, 0.5) is 9.59 Å². The highest BCUT2D eigenvalue weighted by Crippen LogP contribution is 2.33. The van der Waals surface area contributed by atoms with Gasteiger partial charge >= 0.3 is 12.2 Å². The van der Waals surface area contributed by atoms with Crippen molar-refractivity contribution in [1.29, 1.82) is 0 Å². The normalized spacial score (nSPS) is 22.2. The molecule has 0 aliphatic carbocycles. The van der Waals surface area contributed by atoms with Gasteiger partial charge in [0.2, 0.25) is 5.91 Å². The summed E-state index contributed by atoms with van der Waals surface area (Å²) in [6.07, 6.45) is -1.49. The predicted octanol–water partition coefficient (Wildman–Crippen LogP) is 3.33. The molecule has 2 fully saturated rings. The van der Waals surface area contributed by atoms with Gasteiger partial charge in [0.15, 0.2) is 6.29 Å². The Bertz CT molecular complexity index is 1220. The molecule has 0 bridgehead atoms. The molecule has 2 aromatic carbocycles. The molecule has 4 N–H and O–H groups in total. The van der Waals surface area contributed by atoms with Crippen molar-refractivity contribution in [2.45, 2.75) is 83.1 Å². The van der Waals surface area contributed by atoms with Gasteiger partial charge in [-0.15, -0.1) is 0 Å². The highest BCUT2D eigenvalue weighted by atomic mass is 16.7. The second kappa shape index (κ2) is 15.4. The number of fused-ring (bicyclic) bond motifs is 1. The van der Waals surface area contributed by atoms with E-state index in [-0.39, 0.29) is 25.2 Å². The van der Waals surface area contributed by atoms with Crippen LogP contribution in [-0.2, 0) is 36.6 Å². The van der Waals surface area contributed by atoms with Crippen molar-refractivity contribution in [3.63, 3.8) is 0 Å². The van der Waals surface area contributed by atoms with Crippen molar-refractivity contribution in [3.05, 3.63) is 71.8 Å². The third kappa shape index (κ3) is 9.41. The summed E-state index contributed by atoms with van der Waals surface area (Å²) in [6.45, 7) is 6.33. The zero-order valence-corrected chi connectivity index (χ0v) is 25.9. The summed E-state index contributed by atoms with van der Waals surface area (Å²) in [5.74, 6) is -0.455. The molecule has 2 saturated heterocycles.